The number of carbonyl (C=O) groups excluding carboxylic acids is 1. The summed E-state index contributed by atoms with van der Waals surface area (Å²) in [5, 5.41) is 2.63. The molecular formula is C10H17F3N2O. The van der Waals surface area contributed by atoms with Crippen LogP contribution in [0.3, 0.4) is 0 Å². The standard InChI is InChI=1S/C10H17F3N2O/c11-10(12,13)5-4-9(16)15-8-3-1-2-7(8)6-14/h7-8H,1-6,14H2,(H,15,16). The van der Waals surface area contributed by atoms with Crippen molar-refractivity contribution in [1.29, 1.82) is 0 Å². The van der Waals surface area contributed by atoms with E-state index in [0.717, 1.165) is 19.3 Å². The molecule has 0 aromatic rings. The number of alkyl halides is 3. The molecule has 3 N–H and O–H groups in total. The van der Waals surface area contributed by atoms with E-state index in [-0.39, 0.29) is 12.0 Å². The third-order valence-electron chi connectivity index (χ3n) is 2.94. The third-order valence-corrected chi connectivity index (χ3v) is 2.94. The second kappa shape index (κ2) is 5.52. The average Bonchev–Trinajstić information content (AvgIpc) is 2.61. The average molecular weight is 238 g/mol. The first-order valence-electron chi connectivity index (χ1n) is 5.48. The lowest BCUT2D eigenvalue weighted by atomic mass is 10.0. The summed E-state index contributed by atoms with van der Waals surface area (Å²) in [4.78, 5) is 11.3. The number of amides is 1. The molecular weight excluding hydrogens is 221 g/mol. The predicted octanol–water partition coefficient (Wildman–Crippen LogP) is 1.57. The van der Waals surface area contributed by atoms with Crippen molar-refractivity contribution >= 4 is 5.91 Å². The van der Waals surface area contributed by atoms with E-state index in [0.29, 0.717) is 6.54 Å². The molecule has 16 heavy (non-hydrogen) atoms. The van der Waals surface area contributed by atoms with E-state index in [1.807, 2.05) is 0 Å². The van der Waals surface area contributed by atoms with Crippen LogP contribution in [0.25, 0.3) is 0 Å². The molecule has 1 aliphatic carbocycles. The van der Waals surface area contributed by atoms with Crippen LogP contribution in [0.2, 0.25) is 0 Å². The number of nitrogens with one attached hydrogen (secondary N) is 1. The quantitative estimate of drug-likeness (QED) is 0.781. The van der Waals surface area contributed by atoms with Gasteiger partial charge in [0, 0.05) is 12.5 Å². The summed E-state index contributed by atoms with van der Waals surface area (Å²) in [5.41, 5.74) is 5.51. The van der Waals surface area contributed by atoms with Crippen molar-refractivity contribution in [2.24, 2.45) is 11.7 Å². The monoisotopic (exact) mass is 238 g/mol. The summed E-state index contributed by atoms with van der Waals surface area (Å²) in [6.07, 6.45) is -3.07. The van der Waals surface area contributed by atoms with Crippen LogP contribution in [0.5, 0.6) is 0 Å². The summed E-state index contributed by atoms with van der Waals surface area (Å²) in [5.74, 6) is -0.308. The van der Waals surface area contributed by atoms with Gasteiger partial charge in [-0.2, -0.15) is 13.2 Å². The van der Waals surface area contributed by atoms with Crippen LogP contribution in [0.15, 0.2) is 0 Å². The van der Waals surface area contributed by atoms with Crippen LogP contribution in [0.1, 0.15) is 32.1 Å². The van der Waals surface area contributed by atoms with Crippen LogP contribution >= 0.6 is 0 Å². The van der Waals surface area contributed by atoms with E-state index < -0.39 is 24.9 Å². The minimum Gasteiger partial charge on any atom is -0.353 e. The van der Waals surface area contributed by atoms with Gasteiger partial charge in [0.25, 0.3) is 0 Å². The van der Waals surface area contributed by atoms with Crippen molar-refractivity contribution < 1.29 is 18.0 Å². The Morgan fingerprint density at radius 3 is 2.62 bits per heavy atom. The zero-order valence-electron chi connectivity index (χ0n) is 9.02. The lowest BCUT2D eigenvalue weighted by Crippen LogP contribution is -2.40. The topological polar surface area (TPSA) is 55.1 Å². The fourth-order valence-corrected chi connectivity index (χ4v) is 2.04. The Balaban J connectivity index is 2.28. The van der Waals surface area contributed by atoms with E-state index in [2.05, 4.69) is 5.32 Å². The second-order valence-electron chi connectivity index (χ2n) is 4.22. The van der Waals surface area contributed by atoms with Gasteiger partial charge in [0.05, 0.1) is 6.42 Å². The lowest BCUT2D eigenvalue weighted by Gasteiger charge is -2.19. The van der Waals surface area contributed by atoms with Crippen molar-refractivity contribution in [3.63, 3.8) is 0 Å². The van der Waals surface area contributed by atoms with E-state index in [9.17, 15) is 18.0 Å². The van der Waals surface area contributed by atoms with Gasteiger partial charge in [0.1, 0.15) is 0 Å². The maximum atomic E-state index is 11.9. The SMILES string of the molecule is NCC1CCCC1NC(=O)CCC(F)(F)F. The Morgan fingerprint density at radius 1 is 1.38 bits per heavy atom. The molecule has 1 aliphatic rings. The normalized spacial score (nSPS) is 25.8. The van der Waals surface area contributed by atoms with E-state index >= 15 is 0 Å². The Kier molecular flexibility index (Phi) is 4.58. The molecule has 1 amide bonds. The highest BCUT2D eigenvalue weighted by Crippen LogP contribution is 2.25. The molecule has 2 unspecified atom stereocenters. The van der Waals surface area contributed by atoms with Gasteiger partial charge in [0.15, 0.2) is 0 Å². The highest BCUT2D eigenvalue weighted by atomic mass is 19.4. The number of halogens is 3. The molecule has 0 saturated heterocycles. The zero-order valence-corrected chi connectivity index (χ0v) is 9.02. The summed E-state index contributed by atoms with van der Waals surface area (Å²) < 4.78 is 35.6. The first kappa shape index (κ1) is 13.3. The molecule has 0 aliphatic heterocycles. The van der Waals surface area contributed by atoms with Gasteiger partial charge < -0.3 is 11.1 Å². The maximum absolute atomic E-state index is 11.9. The maximum Gasteiger partial charge on any atom is 0.389 e. The summed E-state index contributed by atoms with van der Waals surface area (Å²) in [6, 6.07) is -0.0364. The van der Waals surface area contributed by atoms with Gasteiger partial charge in [-0.1, -0.05) is 6.42 Å². The van der Waals surface area contributed by atoms with Crippen LogP contribution in [0.4, 0.5) is 13.2 Å². The first-order chi connectivity index (χ1) is 7.42. The predicted molar refractivity (Wildman–Crippen MR) is 53.6 cm³/mol. The van der Waals surface area contributed by atoms with Gasteiger partial charge in [-0.05, 0) is 25.3 Å². The lowest BCUT2D eigenvalue weighted by molar-refractivity contribution is -0.144. The molecule has 3 nitrogen and oxygen atoms in total. The Hall–Kier alpha value is -0.780. The minimum absolute atomic E-state index is 0.0364. The molecule has 1 fully saturated rings. The highest BCUT2D eigenvalue weighted by Gasteiger charge is 2.30. The van der Waals surface area contributed by atoms with Gasteiger partial charge >= 0.3 is 6.18 Å². The van der Waals surface area contributed by atoms with Crippen molar-refractivity contribution in [3.8, 4) is 0 Å². The van der Waals surface area contributed by atoms with Crippen molar-refractivity contribution in [1.82, 2.24) is 5.32 Å². The summed E-state index contributed by atoms with van der Waals surface area (Å²) >= 11 is 0. The molecule has 0 radical (unpaired) electrons. The Labute approximate surface area is 92.6 Å². The van der Waals surface area contributed by atoms with Crippen molar-refractivity contribution in [3.05, 3.63) is 0 Å². The van der Waals surface area contributed by atoms with Gasteiger partial charge in [-0.3, -0.25) is 4.79 Å². The second-order valence-corrected chi connectivity index (χ2v) is 4.22. The van der Waals surface area contributed by atoms with Crippen LogP contribution < -0.4 is 11.1 Å². The Bertz CT molecular complexity index is 243. The van der Waals surface area contributed by atoms with Gasteiger partial charge in [0.2, 0.25) is 5.91 Å². The number of hydrogen-bond donors (Lipinski definition) is 2. The van der Waals surface area contributed by atoms with Crippen LogP contribution in [0, 0.1) is 5.92 Å². The van der Waals surface area contributed by atoms with Crippen LogP contribution in [-0.4, -0.2) is 24.7 Å². The molecule has 0 bridgehead atoms. The van der Waals surface area contributed by atoms with Gasteiger partial charge in [-0.25, -0.2) is 0 Å². The Morgan fingerprint density at radius 2 is 2.06 bits per heavy atom. The molecule has 0 aromatic carbocycles. The molecule has 0 heterocycles. The number of rotatable bonds is 4. The fourth-order valence-electron chi connectivity index (χ4n) is 2.04. The number of nitrogens with two attached hydrogens (primary N) is 1. The van der Waals surface area contributed by atoms with Crippen LogP contribution in [-0.2, 0) is 4.79 Å². The first-order valence-corrected chi connectivity index (χ1v) is 5.48. The highest BCUT2D eigenvalue weighted by molar-refractivity contribution is 5.76. The largest absolute Gasteiger partial charge is 0.389 e. The summed E-state index contributed by atoms with van der Waals surface area (Å²) in [7, 11) is 0. The summed E-state index contributed by atoms with van der Waals surface area (Å²) in [6.45, 7) is 0.476. The number of carbonyl (C=O) groups is 1. The molecule has 0 aromatic heterocycles. The zero-order chi connectivity index (χ0) is 12.2. The van der Waals surface area contributed by atoms with Crippen molar-refractivity contribution in [2.75, 3.05) is 6.54 Å². The molecule has 94 valence electrons. The van der Waals surface area contributed by atoms with E-state index in [1.165, 1.54) is 0 Å². The molecule has 6 heteroatoms. The fraction of sp³-hybridized carbons (Fsp3) is 0.900. The van der Waals surface area contributed by atoms with Gasteiger partial charge in [-0.15, -0.1) is 0 Å². The van der Waals surface area contributed by atoms with E-state index in [4.69, 9.17) is 5.73 Å². The molecule has 2 atom stereocenters. The third kappa shape index (κ3) is 4.38. The minimum atomic E-state index is -4.26. The molecule has 1 saturated carbocycles. The molecule has 1 rings (SSSR count). The number of hydrogen-bond acceptors (Lipinski definition) is 2. The van der Waals surface area contributed by atoms with Crippen molar-refractivity contribution in [2.45, 2.75) is 44.3 Å². The smallest absolute Gasteiger partial charge is 0.353 e. The van der Waals surface area contributed by atoms with E-state index in [1.54, 1.807) is 0 Å². The molecule has 0 spiro atoms.